The van der Waals surface area contributed by atoms with E-state index in [0.29, 0.717) is 58.1 Å². The lowest BCUT2D eigenvalue weighted by Crippen LogP contribution is -2.49. The van der Waals surface area contributed by atoms with Gasteiger partial charge in [0.05, 0.1) is 28.9 Å². The molecule has 0 saturated carbocycles. The van der Waals surface area contributed by atoms with Crippen LogP contribution in [-0.4, -0.2) is 50.3 Å². The van der Waals surface area contributed by atoms with E-state index in [-0.39, 0.29) is 17.8 Å². The van der Waals surface area contributed by atoms with E-state index < -0.39 is 12.3 Å². The molecule has 7 nitrogen and oxygen atoms in total. The molecule has 0 aliphatic carbocycles. The van der Waals surface area contributed by atoms with Crippen molar-refractivity contribution in [1.29, 1.82) is 0 Å². The Hall–Kier alpha value is -3.04. The number of aliphatic hydroxyl groups is 1. The van der Waals surface area contributed by atoms with Crippen LogP contribution in [0.15, 0.2) is 57.1 Å². The molecule has 1 aliphatic heterocycles. The van der Waals surface area contributed by atoms with Crippen molar-refractivity contribution in [3.63, 3.8) is 0 Å². The fraction of sp³-hybridized carbons (Fsp3) is 0.393. The SMILES string of the molecule is CCC(O)/C(N)=C1/C(=Nc2ccc(C)cc2)CCN(C(=O)c2ccc(Br)c3nc(C(C)F)[nH]c23)C1CC. The van der Waals surface area contributed by atoms with Gasteiger partial charge < -0.3 is 20.7 Å². The Balaban J connectivity index is 1.80. The average Bonchev–Trinajstić information content (AvgIpc) is 3.35. The lowest BCUT2D eigenvalue weighted by atomic mass is 9.87. The number of aliphatic imine (C=N–C) groups is 1. The number of imidazole rings is 1. The summed E-state index contributed by atoms with van der Waals surface area (Å²) < 4.78 is 14.7. The number of fused-ring (bicyclic) bond motifs is 1. The molecular weight excluding hydrogens is 537 g/mol. The van der Waals surface area contributed by atoms with Crippen LogP contribution in [0.3, 0.4) is 0 Å². The molecule has 4 rings (SSSR count). The molecule has 9 heteroatoms. The smallest absolute Gasteiger partial charge is 0.256 e. The lowest BCUT2D eigenvalue weighted by molar-refractivity contribution is 0.0699. The summed E-state index contributed by atoms with van der Waals surface area (Å²) in [6.45, 7) is 7.70. The number of piperidine rings is 1. The minimum Gasteiger partial charge on any atom is -0.400 e. The number of likely N-dealkylation sites (tertiary alicyclic amines) is 1. The molecule has 1 fully saturated rings. The van der Waals surface area contributed by atoms with E-state index in [4.69, 9.17) is 10.7 Å². The molecule has 1 aromatic heterocycles. The van der Waals surface area contributed by atoms with E-state index in [1.54, 1.807) is 17.0 Å². The van der Waals surface area contributed by atoms with Crippen molar-refractivity contribution in [1.82, 2.24) is 14.9 Å². The minimum atomic E-state index is -1.30. The van der Waals surface area contributed by atoms with Gasteiger partial charge in [0.1, 0.15) is 11.3 Å². The maximum absolute atomic E-state index is 14.0. The van der Waals surface area contributed by atoms with Gasteiger partial charge in [0.2, 0.25) is 0 Å². The first-order chi connectivity index (χ1) is 17.7. The zero-order chi connectivity index (χ0) is 26.9. The number of benzene rings is 2. The highest BCUT2D eigenvalue weighted by Crippen LogP contribution is 2.33. The van der Waals surface area contributed by atoms with E-state index in [1.807, 2.05) is 45.0 Å². The number of nitrogens with two attached hydrogens (primary N) is 1. The second-order valence-corrected chi connectivity index (χ2v) is 10.3. The highest BCUT2D eigenvalue weighted by Gasteiger charge is 2.36. The van der Waals surface area contributed by atoms with Gasteiger partial charge in [-0.1, -0.05) is 31.5 Å². The normalized spacial score (nSPS) is 20.4. The van der Waals surface area contributed by atoms with Crippen LogP contribution in [0.5, 0.6) is 0 Å². The fourth-order valence-electron chi connectivity index (χ4n) is 4.78. The number of alkyl halides is 1. The number of aromatic amines is 1. The third kappa shape index (κ3) is 5.33. The van der Waals surface area contributed by atoms with Crippen LogP contribution in [0.1, 0.15) is 68.0 Å². The van der Waals surface area contributed by atoms with Crippen molar-refractivity contribution in [2.75, 3.05) is 6.54 Å². The van der Waals surface area contributed by atoms with E-state index >= 15 is 0 Å². The Morgan fingerprint density at radius 3 is 2.62 bits per heavy atom. The number of aromatic nitrogens is 2. The number of hydrogen-bond donors (Lipinski definition) is 3. The number of H-pyrrole nitrogens is 1. The van der Waals surface area contributed by atoms with E-state index in [0.717, 1.165) is 17.0 Å². The van der Waals surface area contributed by atoms with Crippen LogP contribution in [0.4, 0.5) is 10.1 Å². The molecule has 0 bridgehead atoms. The number of carbonyl (C=O) groups is 1. The van der Waals surface area contributed by atoms with E-state index in [2.05, 4.69) is 25.9 Å². The average molecular weight is 571 g/mol. The molecule has 4 N–H and O–H groups in total. The van der Waals surface area contributed by atoms with Gasteiger partial charge >= 0.3 is 0 Å². The summed E-state index contributed by atoms with van der Waals surface area (Å²) in [5, 5.41) is 10.7. The predicted molar refractivity (Wildman–Crippen MR) is 149 cm³/mol. The van der Waals surface area contributed by atoms with Gasteiger partial charge in [-0.25, -0.2) is 9.37 Å². The van der Waals surface area contributed by atoms with Crippen LogP contribution < -0.4 is 5.73 Å². The van der Waals surface area contributed by atoms with Crippen LogP contribution in [-0.2, 0) is 0 Å². The van der Waals surface area contributed by atoms with Crippen LogP contribution >= 0.6 is 15.9 Å². The number of aryl methyl sites for hydroxylation is 1. The maximum Gasteiger partial charge on any atom is 0.256 e. The number of rotatable bonds is 6. The number of amides is 1. The lowest BCUT2D eigenvalue weighted by Gasteiger charge is -2.39. The summed E-state index contributed by atoms with van der Waals surface area (Å²) in [6.07, 6.45) is -0.629. The molecular formula is C28H33BrFN5O2. The zero-order valence-electron chi connectivity index (χ0n) is 21.6. The van der Waals surface area contributed by atoms with Gasteiger partial charge in [-0.3, -0.25) is 9.79 Å². The number of aliphatic hydroxyl groups excluding tert-OH is 1. The van der Waals surface area contributed by atoms with E-state index in [1.165, 1.54) is 6.92 Å². The molecule has 2 heterocycles. The molecule has 3 atom stereocenters. The number of nitrogens with zero attached hydrogens (tertiary/aromatic N) is 3. The number of halogens is 2. The summed E-state index contributed by atoms with van der Waals surface area (Å²) >= 11 is 3.46. The van der Waals surface area contributed by atoms with Crippen LogP contribution in [0.2, 0.25) is 0 Å². The maximum atomic E-state index is 14.0. The summed E-state index contributed by atoms with van der Waals surface area (Å²) in [4.78, 5) is 28.0. The van der Waals surface area contributed by atoms with Crippen molar-refractivity contribution in [2.24, 2.45) is 10.7 Å². The number of hydrogen-bond acceptors (Lipinski definition) is 5. The second kappa shape index (κ2) is 11.1. The molecule has 196 valence electrons. The first kappa shape index (κ1) is 27.0. The molecule has 1 aliphatic rings. The molecule has 1 saturated heterocycles. The molecule has 0 spiro atoms. The molecule has 2 aromatic carbocycles. The summed E-state index contributed by atoms with van der Waals surface area (Å²) in [6, 6.07) is 11.0. The van der Waals surface area contributed by atoms with Crippen molar-refractivity contribution < 1.29 is 14.3 Å². The van der Waals surface area contributed by atoms with Crippen molar-refractivity contribution in [3.8, 4) is 0 Å². The summed E-state index contributed by atoms with van der Waals surface area (Å²) in [5.74, 6) is -0.0400. The Bertz CT molecular complexity index is 1360. The highest BCUT2D eigenvalue weighted by molar-refractivity contribution is 9.10. The monoisotopic (exact) mass is 569 g/mol. The minimum absolute atomic E-state index is 0.171. The molecule has 3 aromatic rings. The summed E-state index contributed by atoms with van der Waals surface area (Å²) in [7, 11) is 0. The largest absolute Gasteiger partial charge is 0.400 e. The standard InChI is InChI=1S/C28H33BrFN5O2/c1-5-21-23(24(31)22(36)6-2)20(32-17-9-7-15(3)8-10-17)13-14-35(21)28(37)18-11-12-19(29)26-25(18)33-27(34-26)16(4)30/h7-12,16,21-22,36H,5-6,13-14,31H2,1-4H3,(H,33,34)/b24-23+,32-20?. The fourth-order valence-corrected chi connectivity index (χ4v) is 5.20. The Morgan fingerprint density at radius 1 is 1.30 bits per heavy atom. The Kier molecular flexibility index (Phi) is 8.14. The summed E-state index contributed by atoms with van der Waals surface area (Å²) in [5.41, 5.74) is 11.7. The van der Waals surface area contributed by atoms with Gasteiger partial charge in [-0.15, -0.1) is 0 Å². The predicted octanol–water partition coefficient (Wildman–Crippen LogP) is 6.05. The number of nitrogens with one attached hydrogen (secondary N) is 1. The van der Waals surface area contributed by atoms with Gasteiger partial charge in [0, 0.05) is 34.4 Å². The third-order valence-electron chi connectivity index (χ3n) is 6.83. The van der Waals surface area contributed by atoms with Crippen LogP contribution in [0.25, 0.3) is 11.0 Å². The topological polar surface area (TPSA) is 108 Å². The van der Waals surface area contributed by atoms with E-state index in [9.17, 15) is 14.3 Å². The third-order valence-corrected chi connectivity index (χ3v) is 7.47. The van der Waals surface area contributed by atoms with Crippen molar-refractivity contribution >= 4 is 44.3 Å². The van der Waals surface area contributed by atoms with Gasteiger partial charge in [0.15, 0.2) is 6.17 Å². The Labute approximate surface area is 224 Å². The van der Waals surface area contributed by atoms with Crippen molar-refractivity contribution in [3.05, 3.63) is 69.1 Å². The van der Waals surface area contributed by atoms with Gasteiger partial charge in [-0.05, 0) is 66.9 Å². The highest BCUT2D eigenvalue weighted by atomic mass is 79.9. The molecule has 1 amide bonds. The number of carbonyl (C=O) groups excluding carboxylic acids is 1. The van der Waals surface area contributed by atoms with Crippen LogP contribution in [0, 0.1) is 6.92 Å². The molecule has 0 radical (unpaired) electrons. The van der Waals surface area contributed by atoms with Crippen molar-refractivity contribution in [2.45, 2.75) is 65.3 Å². The van der Waals surface area contributed by atoms with Gasteiger partial charge in [0.25, 0.3) is 5.91 Å². The molecule has 37 heavy (non-hydrogen) atoms. The first-order valence-corrected chi connectivity index (χ1v) is 13.4. The quantitative estimate of drug-likeness (QED) is 0.336. The zero-order valence-corrected chi connectivity index (χ0v) is 23.1. The molecule has 3 unspecified atom stereocenters. The second-order valence-electron chi connectivity index (χ2n) is 9.42. The van der Waals surface area contributed by atoms with Gasteiger partial charge in [-0.2, -0.15) is 0 Å². The first-order valence-electron chi connectivity index (χ1n) is 12.6. The Morgan fingerprint density at radius 2 is 2.00 bits per heavy atom.